The Morgan fingerprint density at radius 1 is 1.30 bits per heavy atom. The minimum atomic E-state index is 0.818. The zero-order chi connectivity index (χ0) is 7.40. The van der Waals surface area contributed by atoms with Crippen molar-refractivity contribution in [1.82, 2.24) is 10.6 Å². The summed E-state index contributed by atoms with van der Waals surface area (Å²) in [6.07, 6.45) is 3.66. The standard InChI is InChI=1S/C8H12N2/c1-3-7-5-9-6-10-8(7)4-2/h3-4,9-10H,1-2,5-6H2. The van der Waals surface area contributed by atoms with E-state index in [1.807, 2.05) is 12.2 Å². The van der Waals surface area contributed by atoms with Crippen LogP contribution in [0.25, 0.3) is 0 Å². The Morgan fingerprint density at radius 3 is 2.60 bits per heavy atom. The molecule has 0 amide bonds. The Balaban J connectivity index is 2.81. The summed E-state index contributed by atoms with van der Waals surface area (Å²) < 4.78 is 0. The molecule has 1 rings (SSSR count). The van der Waals surface area contributed by atoms with Gasteiger partial charge in [0.1, 0.15) is 0 Å². The molecule has 2 N–H and O–H groups in total. The second-order valence-electron chi connectivity index (χ2n) is 2.13. The number of rotatable bonds is 2. The molecule has 0 unspecified atom stereocenters. The minimum Gasteiger partial charge on any atom is -0.372 e. The van der Waals surface area contributed by atoms with Gasteiger partial charge in [-0.15, -0.1) is 0 Å². The second-order valence-corrected chi connectivity index (χ2v) is 2.13. The highest BCUT2D eigenvalue weighted by molar-refractivity contribution is 5.32. The molecule has 10 heavy (non-hydrogen) atoms. The number of hydrogen-bond acceptors (Lipinski definition) is 2. The Morgan fingerprint density at radius 2 is 2.10 bits per heavy atom. The molecule has 0 saturated heterocycles. The third-order valence-electron chi connectivity index (χ3n) is 1.52. The molecule has 1 aliphatic heterocycles. The van der Waals surface area contributed by atoms with Gasteiger partial charge in [-0.05, 0) is 11.6 Å². The third kappa shape index (κ3) is 1.28. The van der Waals surface area contributed by atoms with Crippen molar-refractivity contribution in [1.29, 1.82) is 0 Å². The third-order valence-corrected chi connectivity index (χ3v) is 1.52. The van der Waals surface area contributed by atoms with Gasteiger partial charge >= 0.3 is 0 Å². The summed E-state index contributed by atoms with van der Waals surface area (Å²) in [6, 6.07) is 0. The lowest BCUT2D eigenvalue weighted by Crippen LogP contribution is -2.35. The first-order valence-electron chi connectivity index (χ1n) is 3.31. The quantitative estimate of drug-likeness (QED) is 0.585. The van der Waals surface area contributed by atoms with Crippen LogP contribution in [0.15, 0.2) is 36.6 Å². The molecule has 0 aliphatic carbocycles. The SMILES string of the molecule is C=CC1=C(C=C)NCNC1. The highest BCUT2D eigenvalue weighted by atomic mass is 15.1. The van der Waals surface area contributed by atoms with Gasteiger partial charge < -0.3 is 5.32 Å². The fraction of sp³-hybridized carbons (Fsp3) is 0.250. The van der Waals surface area contributed by atoms with Crippen LogP contribution in [0.2, 0.25) is 0 Å². The predicted molar refractivity (Wildman–Crippen MR) is 43.4 cm³/mol. The van der Waals surface area contributed by atoms with E-state index in [1.165, 1.54) is 5.57 Å². The van der Waals surface area contributed by atoms with Crippen molar-refractivity contribution in [2.24, 2.45) is 0 Å². The van der Waals surface area contributed by atoms with Crippen LogP contribution in [-0.2, 0) is 0 Å². The molecule has 0 radical (unpaired) electrons. The van der Waals surface area contributed by atoms with Crippen LogP contribution in [-0.4, -0.2) is 13.2 Å². The van der Waals surface area contributed by atoms with E-state index in [9.17, 15) is 0 Å². The Labute approximate surface area is 61.3 Å². The van der Waals surface area contributed by atoms with Gasteiger partial charge in [0.25, 0.3) is 0 Å². The van der Waals surface area contributed by atoms with Crippen LogP contribution >= 0.6 is 0 Å². The van der Waals surface area contributed by atoms with Crippen molar-refractivity contribution in [2.45, 2.75) is 0 Å². The van der Waals surface area contributed by atoms with Crippen molar-refractivity contribution < 1.29 is 0 Å². The lowest BCUT2D eigenvalue weighted by atomic mass is 10.1. The van der Waals surface area contributed by atoms with Crippen LogP contribution in [0.1, 0.15) is 0 Å². The monoisotopic (exact) mass is 136 g/mol. The maximum Gasteiger partial charge on any atom is 0.0655 e. The van der Waals surface area contributed by atoms with E-state index in [-0.39, 0.29) is 0 Å². The zero-order valence-corrected chi connectivity index (χ0v) is 5.98. The molecule has 0 bridgehead atoms. The fourth-order valence-electron chi connectivity index (χ4n) is 0.949. The van der Waals surface area contributed by atoms with Crippen LogP contribution in [0.5, 0.6) is 0 Å². The molecule has 0 aromatic carbocycles. The van der Waals surface area contributed by atoms with Gasteiger partial charge in [-0.25, -0.2) is 0 Å². The highest BCUT2D eigenvalue weighted by Crippen LogP contribution is 2.04. The van der Waals surface area contributed by atoms with Gasteiger partial charge in [-0.1, -0.05) is 19.2 Å². The first-order valence-corrected chi connectivity index (χ1v) is 3.31. The van der Waals surface area contributed by atoms with E-state index in [0.29, 0.717) is 0 Å². The van der Waals surface area contributed by atoms with Gasteiger partial charge in [0.15, 0.2) is 0 Å². The van der Waals surface area contributed by atoms with Gasteiger partial charge in [-0.2, -0.15) is 0 Å². The highest BCUT2D eigenvalue weighted by Gasteiger charge is 2.03. The van der Waals surface area contributed by atoms with Crippen molar-refractivity contribution in [2.75, 3.05) is 13.2 Å². The first kappa shape index (κ1) is 7.09. The molecule has 0 spiro atoms. The lowest BCUT2D eigenvalue weighted by molar-refractivity contribution is 0.635. The smallest absolute Gasteiger partial charge is 0.0655 e. The summed E-state index contributed by atoms with van der Waals surface area (Å²) in [6.45, 7) is 9.09. The molecule has 0 aromatic heterocycles. The van der Waals surface area contributed by atoms with E-state index in [0.717, 1.165) is 18.9 Å². The summed E-state index contributed by atoms with van der Waals surface area (Å²) >= 11 is 0. The molecule has 1 aliphatic rings. The van der Waals surface area contributed by atoms with Crippen molar-refractivity contribution in [3.63, 3.8) is 0 Å². The predicted octanol–water partition coefficient (Wildman–Crippen LogP) is 0.763. The van der Waals surface area contributed by atoms with Gasteiger partial charge in [0.2, 0.25) is 0 Å². The molecule has 0 fully saturated rings. The number of allylic oxidation sites excluding steroid dienone is 1. The molecule has 0 aromatic rings. The van der Waals surface area contributed by atoms with Gasteiger partial charge in [-0.3, -0.25) is 5.32 Å². The Hall–Kier alpha value is -1.02. The summed E-state index contributed by atoms with van der Waals surface area (Å²) in [5, 5.41) is 6.31. The minimum absolute atomic E-state index is 0.818. The summed E-state index contributed by atoms with van der Waals surface area (Å²) in [5.41, 5.74) is 2.27. The van der Waals surface area contributed by atoms with Crippen LogP contribution in [0.3, 0.4) is 0 Å². The van der Waals surface area contributed by atoms with E-state index in [1.54, 1.807) is 0 Å². The summed E-state index contributed by atoms with van der Waals surface area (Å²) in [7, 11) is 0. The molecule has 54 valence electrons. The first-order chi connectivity index (χ1) is 4.88. The van der Waals surface area contributed by atoms with Gasteiger partial charge in [0.05, 0.1) is 6.67 Å². The summed E-state index contributed by atoms with van der Waals surface area (Å²) in [4.78, 5) is 0. The number of nitrogens with one attached hydrogen (secondary N) is 2. The van der Waals surface area contributed by atoms with Crippen LogP contribution < -0.4 is 10.6 Å². The molecular weight excluding hydrogens is 124 g/mol. The van der Waals surface area contributed by atoms with E-state index < -0.39 is 0 Å². The zero-order valence-electron chi connectivity index (χ0n) is 5.98. The normalized spacial score (nSPS) is 18.0. The Bertz CT molecular complexity index is 160. The van der Waals surface area contributed by atoms with Gasteiger partial charge in [0, 0.05) is 12.2 Å². The van der Waals surface area contributed by atoms with E-state index in [2.05, 4.69) is 23.8 Å². The molecule has 0 saturated carbocycles. The lowest BCUT2D eigenvalue weighted by Gasteiger charge is -2.18. The van der Waals surface area contributed by atoms with Crippen LogP contribution in [0, 0.1) is 0 Å². The van der Waals surface area contributed by atoms with E-state index in [4.69, 9.17) is 0 Å². The van der Waals surface area contributed by atoms with Crippen molar-refractivity contribution in [3.8, 4) is 0 Å². The average molecular weight is 136 g/mol. The van der Waals surface area contributed by atoms with Crippen LogP contribution in [0.4, 0.5) is 0 Å². The fourth-order valence-corrected chi connectivity index (χ4v) is 0.949. The maximum absolute atomic E-state index is 3.70. The molecule has 0 atom stereocenters. The number of hydrogen-bond donors (Lipinski definition) is 2. The average Bonchev–Trinajstić information content (AvgIpc) is 2.04. The largest absolute Gasteiger partial charge is 0.372 e. The molecule has 1 heterocycles. The van der Waals surface area contributed by atoms with E-state index >= 15 is 0 Å². The Kier molecular flexibility index (Phi) is 2.29. The molecule has 2 heteroatoms. The molecular formula is C8H12N2. The van der Waals surface area contributed by atoms with Crippen molar-refractivity contribution in [3.05, 3.63) is 36.6 Å². The topological polar surface area (TPSA) is 24.1 Å². The summed E-state index contributed by atoms with van der Waals surface area (Å²) in [5.74, 6) is 0. The van der Waals surface area contributed by atoms with Crippen molar-refractivity contribution >= 4 is 0 Å². The molecule has 2 nitrogen and oxygen atoms in total. The second kappa shape index (κ2) is 3.22. The maximum atomic E-state index is 3.70.